The number of amides is 1. The van der Waals surface area contributed by atoms with Crippen molar-refractivity contribution in [2.75, 3.05) is 23.3 Å². The lowest BCUT2D eigenvalue weighted by molar-refractivity contribution is -0.112. The van der Waals surface area contributed by atoms with Gasteiger partial charge in [0.25, 0.3) is 11.7 Å². The number of carbonyl (C=O) groups excluding carboxylic acids is 2. The quantitative estimate of drug-likeness (QED) is 0.769. The molecule has 18 heavy (non-hydrogen) atoms. The molecule has 2 heterocycles. The predicted octanol–water partition coefficient (Wildman–Crippen LogP) is 2.06. The molecule has 2 aliphatic rings. The van der Waals surface area contributed by atoms with Crippen LogP contribution in [0.4, 0.5) is 11.4 Å². The number of Topliss-reactive ketones (excluding diaryl/α,β-unsaturated/α-hetero) is 1. The summed E-state index contributed by atoms with van der Waals surface area (Å²) in [6.07, 6.45) is 1.16. The molecule has 2 aliphatic heterocycles. The Labute approximate surface area is 106 Å². The zero-order valence-corrected chi connectivity index (χ0v) is 10.6. The van der Waals surface area contributed by atoms with Crippen LogP contribution in [-0.2, 0) is 4.79 Å². The van der Waals surface area contributed by atoms with E-state index in [1.165, 1.54) is 0 Å². The Morgan fingerprint density at radius 1 is 1.28 bits per heavy atom. The number of hydrogen-bond acceptors (Lipinski definition) is 3. The topological polar surface area (TPSA) is 49.4 Å². The molecular formula is C14H16N2O2. The highest BCUT2D eigenvalue weighted by atomic mass is 16.2. The molecule has 1 amide bonds. The predicted molar refractivity (Wildman–Crippen MR) is 70.0 cm³/mol. The lowest BCUT2D eigenvalue weighted by Gasteiger charge is -2.22. The third-order valence-corrected chi connectivity index (χ3v) is 3.74. The number of fused-ring (bicyclic) bond motifs is 1. The summed E-state index contributed by atoms with van der Waals surface area (Å²) < 4.78 is 0. The third-order valence-electron chi connectivity index (χ3n) is 3.74. The van der Waals surface area contributed by atoms with Gasteiger partial charge in [-0.1, -0.05) is 13.8 Å². The van der Waals surface area contributed by atoms with E-state index in [1.54, 1.807) is 6.07 Å². The second-order valence-electron chi connectivity index (χ2n) is 5.85. The first-order valence-electron chi connectivity index (χ1n) is 6.21. The maximum absolute atomic E-state index is 11.5. The van der Waals surface area contributed by atoms with Gasteiger partial charge in [-0.15, -0.1) is 0 Å². The highest BCUT2D eigenvalue weighted by Gasteiger charge is 2.32. The number of carbonyl (C=O) groups is 2. The van der Waals surface area contributed by atoms with Gasteiger partial charge < -0.3 is 10.2 Å². The van der Waals surface area contributed by atoms with Crippen LogP contribution in [0.1, 0.15) is 30.6 Å². The molecule has 1 N–H and O–H groups in total. The van der Waals surface area contributed by atoms with Crippen molar-refractivity contribution in [1.82, 2.24) is 0 Å². The molecule has 94 valence electrons. The number of hydrogen-bond donors (Lipinski definition) is 1. The summed E-state index contributed by atoms with van der Waals surface area (Å²) in [5, 5.41) is 2.62. The molecule has 3 rings (SSSR count). The van der Waals surface area contributed by atoms with Crippen molar-refractivity contribution >= 4 is 23.1 Å². The van der Waals surface area contributed by atoms with Gasteiger partial charge in [-0.3, -0.25) is 9.59 Å². The Hall–Kier alpha value is -1.84. The molecule has 0 atom stereocenters. The molecule has 0 aromatic heterocycles. The fourth-order valence-corrected chi connectivity index (χ4v) is 2.66. The Morgan fingerprint density at radius 3 is 2.72 bits per heavy atom. The normalized spacial score (nSPS) is 21.1. The summed E-state index contributed by atoms with van der Waals surface area (Å²) in [4.78, 5) is 25.1. The van der Waals surface area contributed by atoms with E-state index in [0.717, 1.165) is 25.2 Å². The minimum Gasteiger partial charge on any atom is -0.371 e. The monoisotopic (exact) mass is 244 g/mol. The maximum atomic E-state index is 11.5. The van der Waals surface area contributed by atoms with Crippen LogP contribution in [0.15, 0.2) is 18.2 Å². The Morgan fingerprint density at radius 2 is 2.06 bits per heavy atom. The first-order chi connectivity index (χ1) is 8.46. The van der Waals surface area contributed by atoms with E-state index in [0.29, 0.717) is 16.7 Å². The number of nitrogens with one attached hydrogen (secondary N) is 1. The van der Waals surface area contributed by atoms with Crippen molar-refractivity contribution in [3.05, 3.63) is 23.8 Å². The van der Waals surface area contributed by atoms with Gasteiger partial charge in [-0.2, -0.15) is 0 Å². The van der Waals surface area contributed by atoms with Gasteiger partial charge >= 0.3 is 0 Å². The SMILES string of the molecule is CC1(C)CCN(c2ccc3c(c2)NC(=O)C3=O)C1. The fraction of sp³-hybridized carbons (Fsp3) is 0.429. The fourth-order valence-electron chi connectivity index (χ4n) is 2.66. The van der Waals surface area contributed by atoms with Gasteiger partial charge in [0.05, 0.1) is 11.3 Å². The standard InChI is InChI=1S/C14H16N2O2/c1-14(2)5-6-16(8-14)9-3-4-10-11(7-9)15-13(18)12(10)17/h3-4,7H,5-6,8H2,1-2H3,(H,15,17,18). The minimum atomic E-state index is -0.524. The van der Waals surface area contributed by atoms with Crippen LogP contribution in [0, 0.1) is 5.41 Å². The molecule has 0 unspecified atom stereocenters. The molecule has 0 bridgehead atoms. The number of nitrogens with zero attached hydrogens (tertiary/aromatic N) is 1. The highest BCUT2D eigenvalue weighted by molar-refractivity contribution is 6.51. The molecule has 1 saturated heterocycles. The molecule has 4 heteroatoms. The van der Waals surface area contributed by atoms with Gasteiger partial charge in [0.15, 0.2) is 0 Å². The van der Waals surface area contributed by atoms with E-state index in [4.69, 9.17) is 0 Å². The summed E-state index contributed by atoms with van der Waals surface area (Å²) in [6.45, 7) is 6.54. The molecule has 1 fully saturated rings. The molecule has 0 radical (unpaired) electrons. The van der Waals surface area contributed by atoms with Crippen molar-refractivity contribution in [1.29, 1.82) is 0 Å². The number of anilines is 2. The molecule has 0 aliphatic carbocycles. The first kappa shape index (κ1) is 11.3. The highest BCUT2D eigenvalue weighted by Crippen LogP contribution is 2.35. The first-order valence-corrected chi connectivity index (χ1v) is 6.21. The lowest BCUT2D eigenvalue weighted by atomic mass is 9.93. The second-order valence-corrected chi connectivity index (χ2v) is 5.85. The van der Waals surface area contributed by atoms with Crippen LogP contribution in [0.2, 0.25) is 0 Å². The van der Waals surface area contributed by atoms with Gasteiger partial charge in [-0.25, -0.2) is 0 Å². The summed E-state index contributed by atoms with van der Waals surface area (Å²) in [6, 6.07) is 5.58. The zero-order chi connectivity index (χ0) is 12.9. The van der Waals surface area contributed by atoms with Crippen LogP contribution in [0.25, 0.3) is 0 Å². The Balaban J connectivity index is 1.91. The van der Waals surface area contributed by atoms with Gasteiger partial charge in [0.1, 0.15) is 0 Å². The minimum absolute atomic E-state index is 0.331. The second kappa shape index (κ2) is 3.57. The van der Waals surface area contributed by atoms with E-state index in [2.05, 4.69) is 24.1 Å². The van der Waals surface area contributed by atoms with E-state index in [-0.39, 0.29) is 0 Å². The molecule has 4 nitrogen and oxygen atoms in total. The van der Waals surface area contributed by atoms with Crippen molar-refractivity contribution in [2.24, 2.45) is 5.41 Å². The van der Waals surface area contributed by atoms with Crippen LogP contribution >= 0.6 is 0 Å². The van der Waals surface area contributed by atoms with Crippen LogP contribution in [0.5, 0.6) is 0 Å². The van der Waals surface area contributed by atoms with Crippen molar-refractivity contribution < 1.29 is 9.59 Å². The molecule has 0 spiro atoms. The summed E-state index contributed by atoms with van der Waals surface area (Å²) in [7, 11) is 0. The molecule has 0 saturated carbocycles. The van der Waals surface area contributed by atoms with Crippen LogP contribution in [-0.4, -0.2) is 24.8 Å². The van der Waals surface area contributed by atoms with E-state index >= 15 is 0 Å². The molecular weight excluding hydrogens is 228 g/mol. The largest absolute Gasteiger partial charge is 0.371 e. The van der Waals surface area contributed by atoms with Crippen molar-refractivity contribution in [3.63, 3.8) is 0 Å². The number of benzene rings is 1. The smallest absolute Gasteiger partial charge is 0.296 e. The summed E-state index contributed by atoms with van der Waals surface area (Å²) >= 11 is 0. The summed E-state index contributed by atoms with van der Waals surface area (Å²) in [5.41, 5.74) is 2.54. The number of ketones is 1. The number of rotatable bonds is 1. The van der Waals surface area contributed by atoms with Crippen molar-refractivity contribution in [3.8, 4) is 0 Å². The van der Waals surface area contributed by atoms with Gasteiger partial charge in [-0.05, 0) is 30.0 Å². The lowest BCUT2D eigenvalue weighted by Crippen LogP contribution is -2.22. The maximum Gasteiger partial charge on any atom is 0.296 e. The Kier molecular flexibility index (Phi) is 2.24. The van der Waals surface area contributed by atoms with Crippen LogP contribution in [0.3, 0.4) is 0 Å². The van der Waals surface area contributed by atoms with E-state index in [9.17, 15) is 9.59 Å². The van der Waals surface area contributed by atoms with Gasteiger partial charge in [0.2, 0.25) is 0 Å². The van der Waals surface area contributed by atoms with Gasteiger partial charge in [0, 0.05) is 18.8 Å². The van der Waals surface area contributed by atoms with E-state index < -0.39 is 11.7 Å². The summed E-state index contributed by atoms with van der Waals surface area (Å²) in [5.74, 6) is -0.956. The molecule has 1 aromatic rings. The average molecular weight is 244 g/mol. The van der Waals surface area contributed by atoms with Crippen LogP contribution < -0.4 is 10.2 Å². The average Bonchev–Trinajstić information content (AvgIpc) is 2.80. The zero-order valence-electron chi connectivity index (χ0n) is 10.6. The third kappa shape index (κ3) is 1.68. The van der Waals surface area contributed by atoms with E-state index in [1.807, 2.05) is 12.1 Å². The van der Waals surface area contributed by atoms with Crippen molar-refractivity contribution in [2.45, 2.75) is 20.3 Å². The Bertz CT molecular complexity index is 549. The molecule has 1 aromatic carbocycles.